The molecule has 21 heavy (non-hydrogen) atoms. The molecule has 2 amide bonds. The van der Waals surface area contributed by atoms with Gasteiger partial charge >= 0.3 is 0 Å². The van der Waals surface area contributed by atoms with Gasteiger partial charge in [-0.3, -0.25) is 9.59 Å². The molecule has 1 atom stereocenters. The van der Waals surface area contributed by atoms with Crippen LogP contribution in [0.2, 0.25) is 0 Å². The number of benzene rings is 1. The van der Waals surface area contributed by atoms with E-state index in [1.165, 1.54) is 18.2 Å². The van der Waals surface area contributed by atoms with Gasteiger partial charge in [0.25, 0.3) is 5.91 Å². The predicted molar refractivity (Wildman–Crippen MR) is 77.2 cm³/mol. The third-order valence-corrected chi connectivity index (χ3v) is 3.92. The first kappa shape index (κ1) is 15.3. The Bertz CT molecular complexity index is 609. The fourth-order valence-corrected chi connectivity index (χ4v) is 2.31. The van der Waals surface area contributed by atoms with Gasteiger partial charge in [-0.05, 0) is 18.9 Å². The van der Waals surface area contributed by atoms with E-state index in [9.17, 15) is 14.0 Å². The minimum atomic E-state index is -1.26. The largest absolute Gasteiger partial charge is 0.319 e. The van der Waals surface area contributed by atoms with E-state index in [2.05, 4.69) is 10.3 Å². The molecule has 1 aliphatic rings. The van der Waals surface area contributed by atoms with E-state index >= 15 is 0 Å². The van der Waals surface area contributed by atoms with Crippen molar-refractivity contribution >= 4 is 17.6 Å². The highest BCUT2D eigenvalue weighted by Gasteiger charge is 2.40. The SMILES string of the molecule is CCC(N)(CC)C1=NC(=O)C(c2ccccc2F)C(=O)N1. The van der Waals surface area contributed by atoms with Crippen LogP contribution in [-0.2, 0) is 9.59 Å². The number of aliphatic imine (C=N–C) groups is 1. The number of hydrogen-bond acceptors (Lipinski definition) is 3. The third kappa shape index (κ3) is 2.71. The van der Waals surface area contributed by atoms with E-state index in [1.807, 2.05) is 13.8 Å². The first-order valence-corrected chi connectivity index (χ1v) is 6.90. The molecule has 1 aliphatic heterocycles. The van der Waals surface area contributed by atoms with Crippen molar-refractivity contribution in [3.8, 4) is 0 Å². The van der Waals surface area contributed by atoms with E-state index in [0.29, 0.717) is 12.8 Å². The number of halogens is 1. The molecule has 112 valence electrons. The molecule has 1 heterocycles. The van der Waals surface area contributed by atoms with Crippen molar-refractivity contribution in [3.63, 3.8) is 0 Å². The second-order valence-electron chi connectivity index (χ2n) is 5.11. The summed E-state index contributed by atoms with van der Waals surface area (Å²) in [5.74, 6) is -2.97. The number of amidine groups is 1. The van der Waals surface area contributed by atoms with Crippen LogP contribution in [0.15, 0.2) is 29.3 Å². The van der Waals surface area contributed by atoms with Crippen LogP contribution in [0.1, 0.15) is 38.2 Å². The highest BCUT2D eigenvalue weighted by atomic mass is 19.1. The molecule has 1 unspecified atom stereocenters. The Labute approximate surface area is 122 Å². The van der Waals surface area contributed by atoms with Crippen molar-refractivity contribution in [2.24, 2.45) is 10.7 Å². The molecular formula is C15H18FN3O2. The molecular weight excluding hydrogens is 273 g/mol. The number of amides is 2. The minimum absolute atomic E-state index is 0.0263. The zero-order valence-corrected chi connectivity index (χ0v) is 12.0. The zero-order valence-electron chi connectivity index (χ0n) is 12.0. The van der Waals surface area contributed by atoms with E-state index in [-0.39, 0.29) is 11.4 Å². The summed E-state index contributed by atoms with van der Waals surface area (Å²) in [6.45, 7) is 3.71. The van der Waals surface area contributed by atoms with E-state index in [1.54, 1.807) is 6.07 Å². The minimum Gasteiger partial charge on any atom is -0.319 e. The number of nitrogens with zero attached hydrogens (tertiary/aromatic N) is 1. The Morgan fingerprint density at radius 2 is 1.90 bits per heavy atom. The Balaban J connectivity index is 2.40. The fraction of sp³-hybridized carbons (Fsp3) is 0.400. The van der Waals surface area contributed by atoms with Gasteiger partial charge in [0.05, 0.1) is 5.54 Å². The standard InChI is InChI=1S/C15H18FN3O2/c1-3-15(17,4-2)14-18-12(20)11(13(21)19-14)9-7-5-6-8-10(9)16/h5-8,11H,3-4,17H2,1-2H3,(H,18,19,20,21). The fourth-order valence-electron chi connectivity index (χ4n) is 2.31. The Hall–Kier alpha value is -2.08. The van der Waals surface area contributed by atoms with E-state index in [4.69, 9.17) is 5.73 Å². The molecule has 2 rings (SSSR count). The Morgan fingerprint density at radius 1 is 1.29 bits per heavy atom. The van der Waals surface area contributed by atoms with Crippen LogP contribution < -0.4 is 11.1 Å². The number of nitrogens with one attached hydrogen (secondary N) is 1. The second kappa shape index (κ2) is 5.73. The molecule has 0 saturated heterocycles. The van der Waals surface area contributed by atoms with Crippen LogP contribution >= 0.6 is 0 Å². The first-order chi connectivity index (χ1) is 9.92. The van der Waals surface area contributed by atoms with Crippen LogP contribution in [0.25, 0.3) is 0 Å². The van der Waals surface area contributed by atoms with Gasteiger partial charge in [0.2, 0.25) is 5.91 Å². The zero-order chi connectivity index (χ0) is 15.6. The van der Waals surface area contributed by atoms with E-state index in [0.717, 1.165) is 0 Å². The van der Waals surface area contributed by atoms with Gasteiger partial charge < -0.3 is 11.1 Å². The maximum Gasteiger partial charge on any atom is 0.264 e. The number of carbonyl (C=O) groups excluding carboxylic acids is 2. The lowest BCUT2D eigenvalue weighted by Gasteiger charge is -2.32. The van der Waals surface area contributed by atoms with Gasteiger partial charge in [-0.1, -0.05) is 32.0 Å². The molecule has 0 fully saturated rings. The summed E-state index contributed by atoms with van der Waals surface area (Å²) in [4.78, 5) is 28.3. The lowest BCUT2D eigenvalue weighted by atomic mass is 9.89. The second-order valence-corrected chi connectivity index (χ2v) is 5.11. The quantitative estimate of drug-likeness (QED) is 0.824. The summed E-state index contributed by atoms with van der Waals surface area (Å²) in [5, 5.41) is 2.56. The molecule has 0 saturated carbocycles. The van der Waals surface area contributed by atoms with Gasteiger partial charge in [0.1, 0.15) is 17.6 Å². The molecule has 5 nitrogen and oxygen atoms in total. The molecule has 6 heteroatoms. The molecule has 0 aliphatic carbocycles. The van der Waals surface area contributed by atoms with Crippen molar-refractivity contribution in [2.75, 3.05) is 0 Å². The smallest absolute Gasteiger partial charge is 0.264 e. The summed E-state index contributed by atoms with van der Waals surface area (Å²) >= 11 is 0. The topological polar surface area (TPSA) is 84.5 Å². The van der Waals surface area contributed by atoms with Crippen molar-refractivity contribution < 1.29 is 14.0 Å². The van der Waals surface area contributed by atoms with Crippen LogP contribution in [0, 0.1) is 5.82 Å². The van der Waals surface area contributed by atoms with Crippen LogP contribution in [0.5, 0.6) is 0 Å². The lowest BCUT2D eigenvalue weighted by Crippen LogP contribution is -2.58. The molecule has 1 aromatic carbocycles. The van der Waals surface area contributed by atoms with E-state index < -0.39 is 29.1 Å². The van der Waals surface area contributed by atoms with Gasteiger partial charge in [-0.2, -0.15) is 4.99 Å². The molecule has 0 spiro atoms. The van der Waals surface area contributed by atoms with Gasteiger partial charge in [0.15, 0.2) is 0 Å². The van der Waals surface area contributed by atoms with Crippen LogP contribution in [0.4, 0.5) is 4.39 Å². The Kier molecular flexibility index (Phi) is 4.18. The third-order valence-electron chi connectivity index (χ3n) is 3.92. The van der Waals surface area contributed by atoms with Crippen molar-refractivity contribution in [1.29, 1.82) is 0 Å². The average molecular weight is 291 g/mol. The highest BCUT2D eigenvalue weighted by molar-refractivity contribution is 6.21. The van der Waals surface area contributed by atoms with Gasteiger partial charge in [-0.25, -0.2) is 4.39 Å². The van der Waals surface area contributed by atoms with Gasteiger partial charge in [0, 0.05) is 5.56 Å². The number of hydrogen-bond donors (Lipinski definition) is 2. The van der Waals surface area contributed by atoms with Crippen molar-refractivity contribution in [1.82, 2.24) is 5.32 Å². The summed E-state index contributed by atoms with van der Waals surface area (Å²) in [5.41, 5.74) is 5.31. The maximum absolute atomic E-state index is 13.8. The van der Waals surface area contributed by atoms with Crippen molar-refractivity contribution in [2.45, 2.75) is 38.1 Å². The van der Waals surface area contributed by atoms with Crippen molar-refractivity contribution in [3.05, 3.63) is 35.6 Å². The first-order valence-electron chi connectivity index (χ1n) is 6.90. The Morgan fingerprint density at radius 3 is 2.43 bits per heavy atom. The summed E-state index contributed by atoms with van der Waals surface area (Å²) in [7, 11) is 0. The molecule has 1 aromatic rings. The highest BCUT2D eigenvalue weighted by Crippen LogP contribution is 2.25. The number of rotatable bonds is 4. The molecule has 0 radical (unpaired) electrons. The number of nitrogens with two attached hydrogens (primary N) is 1. The van der Waals surface area contributed by atoms with Crippen LogP contribution in [-0.4, -0.2) is 23.2 Å². The summed E-state index contributed by atoms with van der Waals surface area (Å²) in [6, 6.07) is 5.69. The maximum atomic E-state index is 13.8. The lowest BCUT2D eigenvalue weighted by molar-refractivity contribution is -0.130. The normalized spacial score (nSPS) is 19.2. The predicted octanol–water partition coefficient (Wildman–Crippen LogP) is 1.48. The summed E-state index contributed by atoms with van der Waals surface area (Å²) < 4.78 is 13.8. The number of carbonyl (C=O) groups is 2. The summed E-state index contributed by atoms with van der Waals surface area (Å²) in [6.07, 6.45) is 1.06. The van der Waals surface area contributed by atoms with Gasteiger partial charge in [-0.15, -0.1) is 0 Å². The molecule has 0 bridgehead atoms. The van der Waals surface area contributed by atoms with Crippen LogP contribution in [0.3, 0.4) is 0 Å². The molecule has 3 N–H and O–H groups in total. The average Bonchev–Trinajstić information content (AvgIpc) is 2.47. The monoisotopic (exact) mass is 291 g/mol. The molecule has 0 aromatic heterocycles.